The van der Waals surface area contributed by atoms with Crippen molar-refractivity contribution in [1.29, 1.82) is 0 Å². The molecule has 1 saturated carbocycles. The molecule has 1 saturated heterocycles. The van der Waals surface area contributed by atoms with Crippen LogP contribution in [0.15, 0.2) is 17.5 Å². The SMILES string of the molecule is Cl.Cl.N[C@@H]1CCC[C@H]1CC(=O)N1CCN(c2cccs2)CC1. The van der Waals surface area contributed by atoms with Gasteiger partial charge in [-0.05, 0) is 36.3 Å². The third-order valence-corrected chi connectivity index (χ3v) is 5.53. The Morgan fingerprint density at radius 1 is 1.23 bits per heavy atom. The van der Waals surface area contributed by atoms with Gasteiger partial charge in [0.25, 0.3) is 0 Å². The number of thiophene rings is 1. The van der Waals surface area contributed by atoms with Gasteiger partial charge in [-0.2, -0.15) is 0 Å². The van der Waals surface area contributed by atoms with Crippen LogP contribution < -0.4 is 10.6 Å². The summed E-state index contributed by atoms with van der Waals surface area (Å²) in [4.78, 5) is 16.7. The summed E-state index contributed by atoms with van der Waals surface area (Å²) < 4.78 is 0. The van der Waals surface area contributed by atoms with Gasteiger partial charge in [-0.25, -0.2) is 0 Å². The number of amides is 1. The molecule has 7 heteroatoms. The van der Waals surface area contributed by atoms with Crippen LogP contribution in [0.1, 0.15) is 25.7 Å². The molecule has 0 unspecified atom stereocenters. The maximum atomic E-state index is 12.3. The summed E-state index contributed by atoms with van der Waals surface area (Å²) >= 11 is 1.77. The number of carbonyl (C=O) groups is 1. The van der Waals surface area contributed by atoms with Crippen molar-refractivity contribution in [2.75, 3.05) is 31.1 Å². The number of hydrogen-bond acceptors (Lipinski definition) is 4. The van der Waals surface area contributed by atoms with Gasteiger partial charge in [-0.3, -0.25) is 4.79 Å². The molecule has 22 heavy (non-hydrogen) atoms. The molecule has 2 atom stereocenters. The van der Waals surface area contributed by atoms with Crippen LogP contribution in [0.4, 0.5) is 5.00 Å². The zero-order chi connectivity index (χ0) is 13.9. The van der Waals surface area contributed by atoms with E-state index in [1.165, 1.54) is 11.4 Å². The summed E-state index contributed by atoms with van der Waals surface area (Å²) in [5.74, 6) is 0.719. The molecule has 126 valence electrons. The van der Waals surface area contributed by atoms with Crippen molar-refractivity contribution in [2.45, 2.75) is 31.7 Å². The van der Waals surface area contributed by atoms with Gasteiger partial charge < -0.3 is 15.5 Å². The van der Waals surface area contributed by atoms with E-state index in [0.717, 1.165) is 39.0 Å². The number of hydrogen-bond donors (Lipinski definition) is 1. The molecule has 2 aliphatic rings. The molecule has 1 aliphatic carbocycles. The van der Waals surface area contributed by atoms with Crippen molar-refractivity contribution < 1.29 is 4.79 Å². The van der Waals surface area contributed by atoms with E-state index in [1.807, 2.05) is 4.90 Å². The lowest BCUT2D eigenvalue weighted by molar-refractivity contribution is -0.132. The van der Waals surface area contributed by atoms with Crippen LogP contribution in [0.3, 0.4) is 0 Å². The predicted molar refractivity (Wildman–Crippen MR) is 97.5 cm³/mol. The molecule has 1 aliphatic heterocycles. The Balaban J connectivity index is 0.00000121. The van der Waals surface area contributed by atoms with Crippen LogP contribution in [0.25, 0.3) is 0 Å². The highest BCUT2D eigenvalue weighted by Gasteiger charge is 2.29. The normalized spacial score (nSPS) is 24.6. The fraction of sp³-hybridized carbons (Fsp3) is 0.667. The lowest BCUT2D eigenvalue weighted by Crippen LogP contribution is -2.49. The van der Waals surface area contributed by atoms with E-state index < -0.39 is 0 Å². The summed E-state index contributed by atoms with van der Waals surface area (Å²) in [6, 6.07) is 4.48. The zero-order valence-electron chi connectivity index (χ0n) is 12.6. The van der Waals surface area contributed by atoms with Crippen LogP contribution in [0.2, 0.25) is 0 Å². The fourth-order valence-corrected chi connectivity index (χ4v) is 4.08. The molecule has 1 aromatic heterocycles. The van der Waals surface area contributed by atoms with Crippen molar-refractivity contribution in [3.05, 3.63) is 17.5 Å². The summed E-state index contributed by atoms with van der Waals surface area (Å²) in [6.45, 7) is 3.59. The van der Waals surface area contributed by atoms with Crippen molar-refractivity contribution in [3.63, 3.8) is 0 Å². The van der Waals surface area contributed by atoms with Crippen LogP contribution in [-0.4, -0.2) is 43.0 Å². The maximum Gasteiger partial charge on any atom is 0.223 e. The third kappa shape index (κ3) is 4.51. The number of anilines is 1. The minimum absolute atomic E-state index is 0. The monoisotopic (exact) mass is 365 g/mol. The van der Waals surface area contributed by atoms with Crippen LogP contribution >= 0.6 is 36.2 Å². The standard InChI is InChI=1S/C15H23N3OS.2ClH/c16-13-4-1-3-12(13)11-14(19)17-6-8-18(9-7-17)15-5-2-10-20-15;;/h2,5,10,12-13H,1,3-4,6-9,11,16H2;2*1H/t12-,13+;;/m0../s1. The minimum atomic E-state index is 0. The topological polar surface area (TPSA) is 49.6 Å². The average molecular weight is 366 g/mol. The van der Waals surface area contributed by atoms with E-state index in [-0.39, 0.29) is 30.9 Å². The fourth-order valence-electron chi connectivity index (χ4n) is 3.30. The molecule has 0 bridgehead atoms. The first-order valence-corrected chi connectivity index (χ1v) is 8.44. The highest BCUT2D eigenvalue weighted by atomic mass is 35.5. The molecule has 3 rings (SSSR count). The van der Waals surface area contributed by atoms with Gasteiger partial charge in [0.05, 0.1) is 5.00 Å². The molecule has 1 amide bonds. The summed E-state index contributed by atoms with van der Waals surface area (Å²) in [5.41, 5.74) is 6.07. The van der Waals surface area contributed by atoms with Gasteiger partial charge in [0.15, 0.2) is 0 Å². The Bertz CT molecular complexity index is 450. The molecule has 2 heterocycles. The second kappa shape index (κ2) is 8.96. The van der Waals surface area contributed by atoms with Crippen molar-refractivity contribution in [1.82, 2.24) is 4.90 Å². The quantitative estimate of drug-likeness (QED) is 0.895. The molecule has 2 N–H and O–H groups in total. The Morgan fingerprint density at radius 3 is 2.50 bits per heavy atom. The molecule has 0 radical (unpaired) electrons. The summed E-state index contributed by atoms with van der Waals surface area (Å²) in [6.07, 6.45) is 4.05. The first kappa shape index (κ1) is 19.6. The number of nitrogens with zero attached hydrogens (tertiary/aromatic N) is 2. The largest absolute Gasteiger partial charge is 0.360 e. The van der Waals surface area contributed by atoms with Crippen molar-refractivity contribution in [2.24, 2.45) is 11.7 Å². The maximum absolute atomic E-state index is 12.3. The molecule has 0 spiro atoms. The number of piperazine rings is 1. The van der Waals surface area contributed by atoms with Gasteiger partial charge in [-0.15, -0.1) is 36.2 Å². The predicted octanol–water partition coefficient (Wildman–Crippen LogP) is 2.76. The van der Waals surface area contributed by atoms with Crippen LogP contribution in [-0.2, 0) is 4.79 Å². The molecule has 4 nitrogen and oxygen atoms in total. The molecule has 2 fully saturated rings. The number of carbonyl (C=O) groups excluding carboxylic acids is 1. The molecule has 0 aromatic carbocycles. The number of halogens is 2. The Kier molecular flexibility index (Phi) is 7.97. The van der Waals surface area contributed by atoms with Gasteiger partial charge in [-0.1, -0.05) is 6.42 Å². The number of rotatable bonds is 3. The van der Waals surface area contributed by atoms with Gasteiger partial charge in [0.1, 0.15) is 0 Å². The Hall–Kier alpha value is -0.490. The molecule has 1 aromatic rings. The average Bonchev–Trinajstić information content (AvgIpc) is 3.12. The summed E-state index contributed by atoms with van der Waals surface area (Å²) in [5, 5.41) is 3.42. The highest BCUT2D eigenvalue weighted by Crippen LogP contribution is 2.28. The first-order chi connectivity index (χ1) is 9.74. The van der Waals surface area contributed by atoms with Crippen LogP contribution in [0.5, 0.6) is 0 Å². The number of nitrogens with two attached hydrogens (primary N) is 1. The lowest BCUT2D eigenvalue weighted by Gasteiger charge is -2.36. The lowest BCUT2D eigenvalue weighted by atomic mass is 9.99. The van der Waals surface area contributed by atoms with Crippen LogP contribution in [0, 0.1) is 5.92 Å². The third-order valence-electron chi connectivity index (χ3n) is 4.60. The second-order valence-electron chi connectivity index (χ2n) is 5.88. The summed E-state index contributed by atoms with van der Waals surface area (Å²) in [7, 11) is 0. The molecular formula is C15H25Cl2N3OS. The van der Waals surface area contributed by atoms with Crippen molar-refractivity contribution >= 4 is 47.1 Å². The van der Waals surface area contributed by atoms with Gasteiger partial charge in [0, 0.05) is 38.6 Å². The Labute approximate surface area is 148 Å². The highest BCUT2D eigenvalue weighted by molar-refractivity contribution is 7.14. The van der Waals surface area contributed by atoms with Crippen molar-refractivity contribution in [3.8, 4) is 0 Å². The van der Waals surface area contributed by atoms with Gasteiger partial charge in [0.2, 0.25) is 5.91 Å². The zero-order valence-corrected chi connectivity index (χ0v) is 15.1. The van der Waals surface area contributed by atoms with E-state index in [2.05, 4.69) is 22.4 Å². The van der Waals surface area contributed by atoms with E-state index >= 15 is 0 Å². The minimum Gasteiger partial charge on any atom is -0.360 e. The van der Waals surface area contributed by atoms with Gasteiger partial charge >= 0.3 is 0 Å². The molecular weight excluding hydrogens is 341 g/mol. The van der Waals surface area contributed by atoms with E-state index in [0.29, 0.717) is 18.2 Å². The first-order valence-electron chi connectivity index (χ1n) is 7.56. The Morgan fingerprint density at radius 2 is 1.95 bits per heavy atom. The second-order valence-corrected chi connectivity index (χ2v) is 6.80. The van der Waals surface area contributed by atoms with E-state index in [4.69, 9.17) is 5.73 Å². The van der Waals surface area contributed by atoms with E-state index in [9.17, 15) is 4.79 Å². The van der Waals surface area contributed by atoms with E-state index in [1.54, 1.807) is 11.3 Å². The smallest absolute Gasteiger partial charge is 0.223 e.